The molecule has 0 spiro atoms. The summed E-state index contributed by atoms with van der Waals surface area (Å²) in [5.41, 5.74) is 2.93. The van der Waals surface area contributed by atoms with Crippen LogP contribution in [-0.2, 0) is 27.2 Å². The van der Waals surface area contributed by atoms with Crippen LogP contribution in [0.2, 0.25) is 0 Å². The molecule has 4 rings (SSSR count). The summed E-state index contributed by atoms with van der Waals surface area (Å²) in [6.07, 6.45) is 2.55. The smallest absolute Gasteiger partial charge is 0.341 e. The monoisotopic (exact) mass is 426 g/mol. The number of thiophene rings is 1. The van der Waals surface area contributed by atoms with E-state index in [0.29, 0.717) is 22.2 Å². The molecule has 2 amide bonds. The minimum Gasteiger partial charge on any atom is -0.459 e. The summed E-state index contributed by atoms with van der Waals surface area (Å²) in [5.74, 6) is -0.908. The van der Waals surface area contributed by atoms with Crippen LogP contribution in [0.3, 0.4) is 0 Å². The van der Waals surface area contributed by atoms with Crippen molar-refractivity contribution in [3.63, 3.8) is 0 Å². The molecule has 2 N–H and O–H groups in total. The average molecular weight is 427 g/mol. The Labute approximate surface area is 180 Å². The molecule has 1 aliphatic carbocycles. The highest BCUT2D eigenvalue weighted by atomic mass is 32.1. The van der Waals surface area contributed by atoms with Gasteiger partial charge in [0.25, 0.3) is 0 Å². The standard InChI is InChI=1S/C23H26N2O4S/c1-12(2)29-23(28)20-15-9-8-13(3)10-18(15)30-22(20)25-21(27)16-11-19(26)24-17-7-5-4-6-14(16)17/h4-7,12-13,16H,8-11H2,1-3H3,(H,24,26)(H,25,27). The Morgan fingerprint density at radius 2 is 2.00 bits per heavy atom. The van der Waals surface area contributed by atoms with Crippen LogP contribution in [-0.4, -0.2) is 23.9 Å². The van der Waals surface area contributed by atoms with Crippen LogP contribution in [0.1, 0.15) is 65.9 Å². The van der Waals surface area contributed by atoms with Crippen LogP contribution in [0.25, 0.3) is 0 Å². The molecule has 0 saturated carbocycles. The zero-order valence-electron chi connectivity index (χ0n) is 17.4. The first kappa shape index (κ1) is 20.6. The van der Waals surface area contributed by atoms with E-state index in [-0.39, 0.29) is 24.3 Å². The molecular weight excluding hydrogens is 400 g/mol. The average Bonchev–Trinajstić information content (AvgIpc) is 3.03. The maximum atomic E-state index is 13.2. The number of carbonyl (C=O) groups is 3. The van der Waals surface area contributed by atoms with Crippen molar-refractivity contribution in [2.75, 3.05) is 10.6 Å². The van der Waals surface area contributed by atoms with Gasteiger partial charge >= 0.3 is 5.97 Å². The molecule has 30 heavy (non-hydrogen) atoms. The molecule has 1 aliphatic heterocycles. The van der Waals surface area contributed by atoms with Crippen molar-refractivity contribution in [2.24, 2.45) is 5.92 Å². The molecular formula is C23H26N2O4S. The highest BCUT2D eigenvalue weighted by molar-refractivity contribution is 7.17. The van der Waals surface area contributed by atoms with Crippen LogP contribution in [0, 0.1) is 5.92 Å². The molecule has 7 heteroatoms. The van der Waals surface area contributed by atoms with Gasteiger partial charge < -0.3 is 15.4 Å². The quantitative estimate of drug-likeness (QED) is 0.705. The number of para-hydroxylation sites is 1. The number of esters is 1. The number of benzene rings is 1. The molecule has 0 saturated heterocycles. The Morgan fingerprint density at radius 1 is 1.23 bits per heavy atom. The molecule has 2 aliphatic rings. The zero-order valence-corrected chi connectivity index (χ0v) is 18.2. The van der Waals surface area contributed by atoms with E-state index in [1.165, 1.54) is 11.3 Å². The van der Waals surface area contributed by atoms with Gasteiger partial charge in [0.15, 0.2) is 0 Å². The van der Waals surface area contributed by atoms with Crippen LogP contribution in [0.15, 0.2) is 24.3 Å². The second kappa shape index (κ2) is 8.22. The fraction of sp³-hybridized carbons (Fsp3) is 0.435. The number of ether oxygens (including phenoxy) is 1. The third-order valence-corrected chi connectivity index (χ3v) is 6.78. The summed E-state index contributed by atoms with van der Waals surface area (Å²) >= 11 is 1.46. The number of nitrogens with one attached hydrogen (secondary N) is 2. The molecule has 2 unspecified atom stereocenters. The van der Waals surface area contributed by atoms with E-state index in [1.807, 2.05) is 32.0 Å². The molecule has 1 aromatic carbocycles. The zero-order chi connectivity index (χ0) is 21.4. The molecule has 1 aromatic heterocycles. The molecule has 0 fully saturated rings. The lowest BCUT2D eigenvalue weighted by Crippen LogP contribution is -2.31. The topological polar surface area (TPSA) is 84.5 Å². The van der Waals surface area contributed by atoms with Gasteiger partial charge in [0, 0.05) is 17.0 Å². The van der Waals surface area contributed by atoms with E-state index >= 15 is 0 Å². The van der Waals surface area contributed by atoms with Crippen LogP contribution in [0.4, 0.5) is 10.7 Å². The second-order valence-corrected chi connectivity index (χ2v) is 9.50. The maximum Gasteiger partial charge on any atom is 0.341 e. The number of amides is 2. The number of carbonyl (C=O) groups excluding carboxylic acids is 3. The van der Waals surface area contributed by atoms with Gasteiger partial charge in [0.2, 0.25) is 11.8 Å². The largest absolute Gasteiger partial charge is 0.459 e. The Bertz CT molecular complexity index is 1010. The van der Waals surface area contributed by atoms with E-state index in [1.54, 1.807) is 6.07 Å². The fourth-order valence-electron chi connectivity index (χ4n) is 4.17. The lowest BCUT2D eigenvalue weighted by atomic mass is 9.88. The summed E-state index contributed by atoms with van der Waals surface area (Å²) in [4.78, 5) is 39.3. The van der Waals surface area contributed by atoms with Crippen molar-refractivity contribution in [1.82, 2.24) is 0 Å². The first-order valence-corrected chi connectivity index (χ1v) is 11.2. The Morgan fingerprint density at radius 3 is 2.77 bits per heavy atom. The number of fused-ring (bicyclic) bond motifs is 2. The summed E-state index contributed by atoms with van der Waals surface area (Å²) in [6, 6.07) is 7.33. The Balaban J connectivity index is 1.67. The van der Waals surface area contributed by atoms with Gasteiger partial charge in [-0.1, -0.05) is 25.1 Å². The number of rotatable bonds is 4. The number of hydrogen-bond donors (Lipinski definition) is 2. The normalized spacial score (nSPS) is 20.2. The van der Waals surface area contributed by atoms with Gasteiger partial charge in [-0.2, -0.15) is 0 Å². The molecule has 6 nitrogen and oxygen atoms in total. The molecule has 2 atom stereocenters. The van der Waals surface area contributed by atoms with Gasteiger partial charge in [0.05, 0.1) is 17.6 Å². The van der Waals surface area contributed by atoms with E-state index in [2.05, 4.69) is 17.6 Å². The lowest BCUT2D eigenvalue weighted by Gasteiger charge is -2.24. The summed E-state index contributed by atoms with van der Waals surface area (Å²) in [7, 11) is 0. The van der Waals surface area contributed by atoms with Crippen molar-refractivity contribution >= 4 is 39.8 Å². The first-order chi connectivity index (χ1) is 14.3. The third-order valence-electron chi connectivity index (χ3n) is 5.61. The van der Waals surface area contributed by atoms with Crippen molar-refractivity contribution in [3.05, 3.63) is 45.8 Å². The SMILES string of the molecule is CC1CCc2c(sc(NC(=O)C3CC(=O)Nc4ccccc43)c2C(=O)OC(C)C)C1. The second-order valence-electron chi connectivity index (χ2n) is 8.39. The van der Waals surface area contributed by atoms with Crippen LogP contribution < -0.4 is 10.6 Å². The minimum absolute atomic E-state index is 0.0801. The summed E-state index contributed by atoms with van der Waals surface area (Å²) in [5, 5.41) is 6.32. The predicted molar refractivity (Wildman–Crippen MR) is 117 cm³/mol. The fourth-order valence-corrected chi connectivity index (χ4v) is 5.57. The van der Waals surface area contributed by atoms with Crippen LogP contribution in [0.5, 0.6) is 0 Å². The van der Waals surface area contributed by atoms with E-state index in [4.69, 9.17) is 4.74 Å². The number of hydrogen-bond acceptors (Lipinski definition) is 5. The molecule has 0 bridgehead atoms. The van der Waals surface area contributed by atoms with Gasteiger partial charge in [-0.05, 0) is 56.2 Å². The lowest BCUT2D eigenvalue weighted by molar-refractivity contribution is -0.123. The predicted octanol–water partition coefficient (Wildman–Crippen LogP) is 4.50. The first-order valence-electron chi connectivity index (χ1n) is 10.4. The molecule has 158 valence electrons. The number of anilines is 2. The maximum absolute atomic E-state index is 13.2. The summed E-state index contributed by atoms with van der Waals surface area (Å²) in [6.45, 7) is 5.83. The van der Waals surface area contributed by atoms with Crippen molar-refractivity contribution < 1.29 is 19.1 Å². The molecule has 2 heterocycles. The van der Waals surface area contributed by atoms with Gasteiger partial charge in [-0.25, -0.2) is 4.79 Å². The van der Waals surface area contributed by atoms with E-state index in [9.17, 15) is 14.4 Å². The van der Waals surface area contributed by atoms with Crippen molar-refractivity contribution in [2.45, 2.75) is 58.5 Å². The van der Waals surface area contributed by atoms with Gasteiger partial charge in [-0.15, -0.1) is 11.3 Å². The Kier molecular flexibility index (Phi) is 5.64. The van der Waals surface area contributed by atoms with Crippen LogP contribution >= 0.6 is 11.3 Å². The van der Waals surface area contributed by atoms with Crippen molar-refractivity contribution in [3.8, 4) is 0 Å². The van der Waals surface area contributed by atoms with Crippen molar-refractivity contribution in [1.29, 1.82) is 0 Å². The van der Waals surface area contributed by atoms with E-state index in [0.717, 1.165) is 35.3 Å². The van der Waals surface area contributed by atoms with Gasteiger partial charge in [-0.3, -0.25) is 9.59 Å². The minimum atomic E-state index is -0.595. The highest BCUT2D eigenvalue weighted by Crippen LogP contribution is 2.41. The van der Waals surface area contributed by atoms with Gasteiger partial charge in [0.1, 0.15) is 5.00 Å². The van der Waals surface area contributed by atoms with E-state index < -0.39 is 11.9 Å². The Hall–Kier alpha value is -2.67. The summed E-state index contributed by atoms with van der Waals surface area (Å²) < 4.78 is 5.48. The molecule has 0 radical (unpaired) electrons. The third kappa shape index (κ3) is 3.99. The highest BCUT2D eigenvalue weighted by Gasteiger charge is 2.34. The molecule has 2 aromatic rings.